The minimum atomic E-state index is -1.26. The largest absolute Gasteiger partial charge is 0.269 e. The molecule has 0 spiro atoms. The maximum atomic E-state index is 12.6. The number of nitrogens with two attached hydrogens (primary N) is 1. The predicted molar refractivity (Wildman–Crippen MR) is 37.6 cm³/mol. The lowest BCUT2D eigenvalue weighted by Crippen LogP contribution is -2.24. The van der Waals surface area contributed by atoms with Crippen molar-refractivity contribution in [2.24, 2.45) is 5.84 Å². The number of hydrogen-bond acceptors (Lipinski definition) is 2. The molecular weight excluding hydrogens is 131 g/mol. The number of halogens is 1. The lowest BCUT2D eigenvalue weighted by atomic mass is 10.2. The molecule has 1 aromatic rings. The molecule has 0 saturated heterocycles. The summed E-state index contributed by atoms with van der Waals surface area (Å²) in [6, 6.07) is 8.69. The molecule has 1 atom stereocenters. The van der Waals surface area contributed by atoms with Crippen molar-refractivity contribution in [3.8, 4) is 0 Å². The van der Waals surface area contributed by atoms with Crippen molar-refractivity contribution in [1.29, 1.82) is 0 Å². The van der Waals surface area contributed by atoms with Gasteiger partial charge in [-0.1, -0.05) is 30.3 Å². The van der Waals surface area contributed by atoms with E-state index in [1.807, 2.05) is 11.5 Å². The van der Waals surface area contributed by atoms with Gasteiger partial charge in [0.15, 0.2) is 6.30 Å². The molecule has 1 unspecified atom stereocenters. The van der Waals surface area contributed by atoms with Crippen molar-refractivity contribution in [1.82, 2.24) is 5.43 Å². The van der Waals surface area contributed by atoms with Crippen LogP contribution in [0, 0.1) is 0 Å². The summed E-state index contributed by atoms with van der Waals surface area (Å²) in [5.41, 5.74) is 2.56. The molecule has 0 fully saturated rings. The molecule has 0 bridgehead atoms. The Kier molecular flexibility index (Phi) is 2.36. The van der Waals surface area contributed by atoms with Crippen LogP contribution >= 0.6 is 0 Å². The quantitative estimate of drug-likeness (QED) is 0.367. The highest BCUT2D eigenvalue weighted by Gasteiger charge is 2.03. The second-order valence-corrected chi connectivity index (χ2v) is 1.94. The summed E-state index contributed by atoms with van der Waals surface area (Å²) in [6.45, 7) is 0. The summed E-state index contributed by atoms with van der Waals surface area (Å²) in [5, 5.41) is 0. The van der Waals surface area contributed by atoms with Crippen LogP contribution in [0.2, 0.25) is 0 Å². The van der Waals surface area contributed by atoms with Gasteiger partial charge in [-0.15, -0.1) is 0 Å². The number of hydrogen-bond donors (Lipinski definition) is 2. The van der Waals surface area contributed by atoms with Crippen LogP contribution in [0.1, 0.15) is 11.9 Å². The zero-order valence-electron chi connectivity index (χ0n) is 5.42. The van der Waals surface area contributed by atoms with Gasteiger partial charge < -0.3 is 0 Å². The van der Waals surface area contributed by atoms with Gasteiger partial charge in [-0.25, -0.2) is 9.82 Å². The fourth-order valence-electron chi connectivity index (χ4n) is 0.718. The van der Waals surface area contributed by atoms with Crippen LogP contribution in [0.3, 0.4) is 0 Å². The molecule has 0 aromatic heterocycles. The Morgan fingerprint density at radius 3 is 2.40 bits per heavy atom. The first-order valence-electron chi connectivity index (χ1n) is 2.99. The van der Waals surface area contributed by atoms with E-state index >= 15 is 0 Å². The zero-order valence-corrected chi connectivity index (χ0v) is 5.42. The molecule has 3 N–H and O–H groups in total. The second-order valence-electron chi connectivity index (χ2n) is 1.94. The van der Waals surface area contributed by atoms with E-state index in [-0.39, 0.29) is 0 Å². The third-order valence-corrected chi connectivity index (χ3v) is 1.24. The lowest BCUT2D eigenvalue weighted by molar-refractivity contribution is 0.284. The molecule has 10 heavy (non-hydrogen) atoms. The number of nitrogens with one attached hydrogen (secondary N) is 1. The van der Waals surface area contributed by atoms with E-state index < -0.39 is 6.30 Å². The molecule has 0 aliphatic rings. The molecule has 0 heterocycles. The first-order valence-corrected chi connectivity index (χ1v) is 2.99. The Morgan fingerprint density at radius 1 is 1.30 bits per heavy atom. The predicted octanol–water partition coefficient (Wildman–Crippen LogP) is 1.12. The molecule has 1 rings (SSSR count). The number of rotatable bonds is 2. The van der Waals surface area contributed by atoms with E-state index in [4.69, 9.17) is 5.84 Å². The smallest absolute Gasteiger partial charge is 0.188 e. The van der Waals surface area contributed by atoms with E-state index in [2.05, 4.69) is 0 Å². The van der Waals surface area contributed by atoms with Crippen LogP contribution in [0.25, 0.3) is 0 Å². The number of hydrazine groups is 1. The van der Waals surface area contributed by atoms with Gasteiger partial charge in [0, 0.05) is 5.56 Å². The van der Waals surface area contributed by atoms with Crippen LogP contribution in [-0.4, -0.2) is 0 Å². The number of benzene rings is 1. The zero-order chi connectivity index (χ0) is 7.40. The average molecular weight is 140 g/mol. The van der Waals surface area contributed by atoms with Gasteiger partial charge >= 0.3 is 0 Å². The van der Waals surface area contributed by atoms with Crippen molar-refractivity contribution >= 4 is 0 Å². The highest BCUT2D eigenvalue weighted by Crippen LogP contribution is 2.10. The van der Waals surface area contributed by atoms with E-state index in [0.29, 0.717) is 5.56 Å². The second kappa shape index (κ2) is 3.29. The molecule has 0 amide bonds. The summed E-state index contributed by atoms with van der Waals surface area (Å²) in [4.78, 5) is 0. The standard InChI is InChI=1S/C7H9FN2/c8-7(10-9)6-4-2-1-3-5-6/h1-5,7,10H,9H2. The van der Waals surface area contributed by atoms with Gasteiger partial charge in [0.2, 0.25) is 0 Å². The molecule has 1 aromatic carbocycles. The maximum absolute atomic E-state index is 12.6. The fourth-order valence-corrected chi connectivity index (χ4v) is 0.718. The molecule has 0 radical (unpaired) electrons. The Hall–Kier alpha value is -0.930. The molecular formula is C7H9FN2. The van der Waals surface area contributed by atoms with E-state index in [1.165, 1.54) is 0 Å². The van der Waals surface area contributed by atoms with Gasteiger partial charge in [-0.3, -0.25) is 5.84 Å². The van der Waals surface area contributed by atoms with E-state index in [0.717, 1.165) is 0 Å². The van der Waals surface area contributed by atoms with Crippen molar-refractivity contribution in [2.45, 2.75) is 6.30 Å². The molecule has 2 nitrogen and oxygen atoms in total. The van der Waals surface area contributed by atoms with Gasteiger partial charge in [0.25, 0.3) is 0 Å². The summed E-state index contributed by atoms with van der Waals surface area (Å²) in [6.07, 6.45) is -1.26. The molecule has 0 saturated carbocycles. The molecule has 0 aliphatic heterocycles. The van der Waals surface area contributed by atoms with E-state index in [9.17, 15) is 4.39 Å². The summed E-state index contributed by atoms with van der Waals surface area (Å²) < 4.78 is 12.6. The van der Waals surface area contributed by atoms with E-state index in [1.54, 1.807) is 24.3 Å². The summed E-state index contributed by atoms with van der Waals surface area (Å²) >= 11 is 0. The Morgan fingerprint density at radius 2 is 1.90 bits per heavy atom. The monoisotopic (exact) mass is 140 g/mol. The summed E-state index contributed by atoms with van der Waals surface area (Å²) in [5.74, 6) is 4.88. The van der Waals surface area contributed by atoms with Crippen LogP contribution in [0.4, 0.5) is 4.39 Å². The minimum absolute atomic E-state index is 0.546. The van der Waals surface area contributed by atoms with Crippen LogP contribution in [0.5, 0.6) is 0 Å². The third-order valence-electron chi connectivity index (χ3n) is 1.24. The van der Waals surface area contributed by atoms with Gasteiger partial charge in [-0.05, 0) is 0 Å². The van der Waals surface area contributed by atoms with Gasteiger partial charge in [-0.2, -0.15) is 0 Å². The Balaban J connectivity index is 2.75. The first kappa shape index (κ1) is 7.18. The van der Waals surface area contributed by atoms with Crippen molar-refractivity contribution in [2.75, 3.05) is 0 Å². The SMILES string of the molecule is NNC(F)c1ccccc1. The van der Waals surface area contributed by atoms with Gasteiger partial charge in [0.1, 0.15) is 0 Å². The Bertz CT molecular complexity index is 188. The fraction of sp³-hybridized carbons (Fsp3) is 0.143. The molecule has 0 aliphatic carbocycles. The van der Waals surface area contributed by atoms with Crippen molar-refractivity contribution < 1.29 is 4.39 Å². The topological polar surface area (TPSA) is 38.0 Å². The summed E-state index contributed by atoms with van der Waals surface area (Å²) in [7, 11) is 0. The third kappa shape index (κ3) is 1.52. The average Bonchev–Trinajstić information content (AvgIpc) is 2.05. The van der Waals surface area contributed by atoms with Crippen LogP contribution in [0.15, 0.2) is 30.3 Å². The first-order chi connectivity index (χ1) is 4.84. The maximum Gasteiger partial charge on any atom is 0.188 e. The molecule has 3 heteroatoms. The normalized spacial score (nSPS) is 13.0. The highest BCUT2D eigenvalue weighted by molar-refractivity contribution is 5.16. The minimum Gasteiger partial charge on any atom is -0.269 e. The van der Waals surface area contributed by atoms with Crippen LogP contribution < -0.4 is 11.3 Å². The van der Waals surface area contributed by atoms with Crippen LogP contribution in [-0.2, 0) is 0 Å². The Labute approximate surface area is 58.8 Å². The van der Waals surface area contributed by atoms with Crippen molar-refractivity contribution in [3.05, 3.63) is 35.9 Å². The number of alkyl halides is 1. The highest BCUT2D eigenvalue weighted by atomic mass is 19.1. The molecule has 54 valence electrons. The van der Waals surface area contributed by atoms with Gasteiger partial charge in [0.05, 0.1) is 0 Å². The lowest BCUT2D eigenvalue weighted by Gasteiger charge is -2.04. The van der Waals surface area contributed by atoms with Crippen molar-refractivity contribution in [3.63, 3.8) is 0 Å².